The van der Waals surface area contributed by atoms with E-state index in [0.717, 1.165) is 0 Å². The fourth-order valence-corrected chi connectivity index (χ4v) is 3.73. The van der Waals surface area contributed by atoms with Gasteiger partial charge in [0, 0.05) is 11.7 Å². The number of nitrogens with zero attached hydrogens (tertiary/aromatic N) is 2. The fraction of sp³-hybridized carbons (Fsp3) is 0.250. The minimum atomic E-state index is -0.522. The molecule has 0 aliphatic heterocycles. The number of anilines is 1. The zero-order chi connectivity index (χ0) is 19.6. The molecule has 0 saturated carbocycles. The van der Waals surface area contributed by atoms with Crippen molar-refractivity contribution in [3.05, 3.63) is 64.7 Å². The van der Waals surface area contributed by atoms with Crippen molar-refractivity contribution in [2.45, 2.75) is 37.2 Å². The molecule has 27 heavy (non-hydrogen) atoms. The highest BCUT2D eigenvalue weighted by atomic mass is 32.2. The highest BCUT2D eigenvalue weighted by Crippen LogP contribution is 2.25. The summed E-state index contributed by atoms with van der Waals surface area (Å²) in [5, 5.41) is 3.20. The van der Waals surface area contributed by atoms with Crippen LogP contribution in [-0.2, 0) is 4.79 Å². The Kier molecular flexibility index (Phi) is 5.60. The van der Waals surface area contributed by atoms with Crippen molar-refractivity contribution >= 4 is 34.3 Å². The van der Waals surface area contributed by atoms with Crippen molar-refractivity contribution < 1.29 is 9.18 Å². The molecule has 140 valence electrons. The lowest BCUT2D eigenvalue weighted by atomic mass is 10.2. The SMILES string of the molecule is CC(Sc1nc2ccccc2c(=O)n1C(C)C)C(=O)Nc1cccc(F)c1. The van der Waals surface area contributed by atoms with E-state index in [1.807, 2.05) is 19.9 Å². The molecule has 1 aromatic heterocycles. The molecule has 7 heteroatoms. The van der Waals surface area contributed by atoms with Crippen molar-refractivity contribution in [2.75, 3.05) is 5.32 Å². The van der Waals surface area contributed by atoms with Crippen molar-refractivity contribution in [1.29, 1.82) is 0 Å². The van der Waals surface area contributed by atoms with E-state index in [1.54, 1.807) is 35.8 Å². The molecule has 0 saturated heterocycles. The topological polar surface area (TPSA) is 64.0 Å². The van der Waals surface area contributed by atoms with Gasteiger partial charge in [0.05, 0.1) is 16.2 Å². The fourth-order valence-electron chi connectivity index (χ4n) is 2.69. The molecule has 1 unspecified atom stereocenters. The lowest BCUT2D eigenvalue weighted by Gasteiger charge is -2.18. The normalized spacial score (nSPS) is 12.3. The molecule has 0 radical (unpaired) electrons. The van der Waals surface area contributed by atoms with Crippen molar-refractivity contribution in [3.8, 4) is 0 Å². The molecule has 0 aliphatic rings. The van der Waals surface area contributed by atoms with Crippen LogP contribution in [0.25, 0.3) is 10.9 Å². The molecule has 3 aromatic rings. The number of halogens is 1. The van der Waals surface area contributed by atoms with Gasteiger partial charge in [-0.15, -0.1) is 0 Å². The van der Waals surface area contributed by atoms with Crippen LogP contribution < -0.4 is 10.9 Å². The van der Waals surface area contributed by atoms with E-state index < -0.39 is 11.1 Å². The first-order valence-corrected chi connectivity index (χ1v) is 9.49. The van der Waals surface area contributed by atoms with E-state index in [9.17, 15) is 14.0 Å². The standard InChI is InChI=1S/C20H20FN3O2S/c1-12(2)24-19(26)16-9-4-5-10-17(16)23-20(24)27-13(3)18(25)22-15-8-6-7-14(21)11-15/h4-13H,1-3H3,(H,22,25). The van der Waals surface area contributed by atoms with Gasteiger partial charge in [0.2, 0.25) is 5.91 Å². The number of carbonyl (C=O) groups is 1. The summed E-state index contributed by atoms with van der Waals surface area (Å²) in [4.78, 5) is 29.9. The number of aromatic nitrogens is 2. The van der Waals surface area contributed by atoms with Gasteiger partial charge in [0.1, 0.15) is 5.82 Å². The summed E-state index contributed by atoms with van der Waals surface area (Å²) in [7, 11) is 0. The lowest BCUT2D eigenvalue weighted by molar-refractivity contribution is -0.115. The van der Waals surface area contributed by atoms with Crippen LogP contribution in [-0.4, -0.2) is 20.7 Å². The minimum absolute atomic E-state index is 0.101. The van der Waals surface area contributed by atoms with Crippen molar-refractivity contribution in [1.82, 2.24) is 9.55 Å². The lowest BCUT2D eigenvalue weighted by Crippen LogP contribution is -2.28. The Morgan fingerprint density at radius 3 is 2.59 bits per heavy atom. The van der Waals surface area contributed by atoms with Gasteiger partial charge in [-0.2, -0.15) is 0 Å². The third-order valence-corrected chi connectivity index (χ3v) is 5.10. The van der Waals surface area contributed by atoms with E-state index in [2.05, 4.69) is 10.3 Å². The Balaban J connectivity index is 1.89. The van der Waals surface area contributed by atoms with Gasteiger partial charge in [-0.25, -0.2) is 9.37 Å². The van der Waals surface area contributed by atoms with Crippen LogP contribution in [0.15, 0.2) is 58.5 Å². The molecule has 0 aliphatic carbocycles. The first-order chi connectivity index (χ1) is 12.9. The van der Waals surface area contributed by atoms with Crippen LogP contribution >= 0.6 is 11.8 Å². The van der Waals surface area contributed by atoms with Gasteiger partial charge in [0.15, 0.2) is 5.16 Å². The second-order valence-electron chi connectivity index (χ2n) is 6.44. The first-order valence-electron chi connectivity index (χ1n) is 8.61. The molecule has 1 N–H and O–H groups in total. The highest BCUT2D eigenvalue weighted by Gasteiger charge is 2.20. The zero-order valence-corrected chi connectivity index (χ0v) is 16.1. The summed E-state index contributed by atoms with van der Waals surface area (Å²) in [6.45, 7) is 5.53. The smallest absolute Gasteiger partial charge is 0.262 e. The van der Waals surface area contributed by atoms with Gasteiger partial charge < -0.3 is 5.32 Å². The second-order valence-corrected chi connectivity index (χ2v) is 7.75. The summed E-state index contributed by atoms with van der Waals surface area (Å²) in [5.41, 5.74) is 0.857. The van der Waals surface area contributed by atoms with E-state index in [4.69, 9.17) is 0 Å². The average molecular weight is 385 g/mol. The van der Waals surface area contributed by atoms with Gasteiger partial charge in [0.25, 0.3) is 5.56 Å². The molecular formula is C20H20FN3O2S. The van der Waals surface area contributed by atoms with Crippen LogP contribution in [0.3, 0.4) is 0 Å². The van der Waals surface area contributed by atoms with Crippen LogP contribution in [0.1, 0.15) is 26.8 Å². The third-order valence-electron chi connectivity index (χ3n) is 4.04. The largest absolute Gasteiger partial charge is 0.325 e. The number of para-hydroxylation sites is 1. The van der Waals surface area contributed by atoms with Crippen LogP contribution in [0.2, 0.25) is 0 Å². The highest BCUT2D eigenvalue weighted by molar-refractivity contribution is 8.00. The quantitative estimate of drug-likeness (QED) is 0.527. The van der Waals surface area contributed by atoms with Gasteiger partial charge in [-0.1, -0.05) is 30.0 Å². The van der Waals surface area contributed by atoms with Gasteiger partial charge in [-0.3, -0.25) is 14.2 Å². The number of benzene rings is 2. The van der Waals surface area contributed by atoms with E-state index in [0.29, 0.717) is 21.7 Å². The summed E-state index contributed by atoms with van der Waals surface area (Å²) in [5.74, 6) is -0.707. The molecule has 0 fully saturated rings. The number of hydrogen-bond acceptors (Lipinski definition) is 4. The maximum absolute atomic E-state index is 13.3. The average Bonchev–Trinajstić information content (AvgIpc) is 2.61. The summed E-state index contributed by atoms with van der Waals surface area (Å²) in [6, 6.07) is 12.8. The van der Waals surface area contributed by atoms with E-state index in [-0.39, 0.29) is 17.5 Å². The number of carbonyl (C=O) groups excluding carboxylic acids is 1. The maximum Gasteiger partial charge on any atom is 0.262 e. The number of thioether (sulfide) groups is 1. The molecule has 1 atom stereocenters. The van der Waals surface area contributed by atoms with E-state index in [1.165, 1.54) is 30.0 Å². The molecule has 0 spiro atoms. The van der Waals surface area contributed by atoms with Crippen molar-refractivity contribution in [2.24, 2.45) is 0 Å². The Bertz CT molecular complexity index is 1050. The first kappa shape index (κ1) is 19.1. The Hall–Kier alpha value is -2.67. The summed E-state index contributed by atoms with van der Waals surface area (Å²) < 4.78 is 14.9. The summed E-state index contributed by atoms with van der Waals surface area (Å²) in [6.07, 6.45) is 0. The minimum Gasteiger partial charge on any atom is -0.325 e. The Morgan fingerprint density at radius 1 is 1.15 bits per heavy atom. The molecule has 5 nitrogen and oxygen atoms in total. The van der Waals surface area contributed by atoms with Gasteiger partial charge >= 0.3 is 0 Å². The Morgan fingerprint density at radius 2 is 1.89 bits per heavy atom. The predicted molar refractivity (Wildman–Crippen MR) is 107 cm³/mol. The maximum atomic E-state index is 13.3. The molecule has 0 bridgehead atoms. The Labute approximate surface area is 160 Å². The van der Waals surface area contributed by atoms with Crippen molar-refractivity contribution in [3.63, 3.8) is 0 Å². The van der Waals surface area contributed by atoms with E-state index >= 15 is 0 Å². The molecule has 2 aromatic carbocycles. The predicted octanol–water partition coefficient (Wildman–Crippen LogP) is 4.24. The number of fused-ring (bicyclic) bond motifs is 1. The number of rotatable bonds is 5. The molecule has 1 amide bonds. The number of amides is 1. The molecule has 3 rings (SSSR count). The zero-order valence-electron chi connectivity index (χ0n) is 15.3. The monoisotopic (exact) mass is 385 g/mol. The van der Waals surface area contributed by atoms with Crippen LogP contribution in [0.4, 0.5) is 10.1 Å². The molecular weight excluding hydrogens is 365 g/mol. The van der Waals surface area contributed by atoms with Crippen LogP contribution in [0, 0.1) is 5.82 Å². The molecule has 1 heterocycles. The third kappa shape index (κ3) is 4.19. The van der Waals surface area contributed by atoms with Gasteiger partial charge in [-0.05, 0) is 51.1 Å². The number of nitrogens with one attached hydrogen (secondary N) is 1. The second kappa shape index (κ2) is 7.92. The van der Waals surface area contributed by atoms with Crippen LogP contribution in [0.5, 0.6) is 0 Å². The number of hydrogen-bond donors (Lipinski definition) is 1. The summed E-state index contributed by atoms with van der Waals surface area (Å²) >= 11 is 1.21.